The third-order valence-electron chi connectivity index (χ3n) is 4.77. The molecule has 1 heterocycles. The van der Waals surface area contributed by atoms with Crippen LogP contribution in [0.1, 0.15) is 32.1 Å². The van der Waals surface area contributed by atoms with Crippen LogP contribution in [0.2, 0.25) is 5.02 Å². The van der Waals surface area contributed by atoms with Crippen LogP contribution < -0.4 is 4.74 Å². The number of benzene rings is 1. The molecule has 2 aliphatic rings. The van der Waals surface area contributed by atoms with Gasteiger partial charge in [-0.25, -0.2) is 8.42 Å². The summed E-state index contributed by atoms with van der Waals surface area (Å²) >= 11 is 5.92. The zero-order chi connectivity index (χ0) is 17.2. The van der Waals surface area contributed by atoms with Crippen LogP contribution in [0.5, 0.6) is 5.75 Å². The first-order chi connectivity index (χ1) is 11.4. The number of carbonyl (C=O) groups is 1. The largest absolute Gasteiger partial charge is 0.484 e. The zero-order valence-corrected chi connectivity index (χ0v) is 15.1. The molecule has 0 bridgehead atoms. The van der Waals surface area contributed by atoms with E-state index in [1.807, 2.05) is 0 Å². The highest BCUT2D eigenvalue weighted by Gasteiger charge is 2.39. The number of halogens is 1. The summed E-state index contributed by atoms with van der Waals surface area (Å²) in [5.74, 6) is 0.653. The van der Waals surface area contributed by atoms with Crippen molar-refractivity contribution in [1.82, 2.24) is 4.90 Å². The Kier molecular flexibility index (Phi) is 5.35. The zero-order valence-electron chi connectivity index (χ0n) is 13.5. The van der Waals surface area contributed by atoms with Crippen molar-refractivity contribution in [3.8, 4) is 5.75 Å². The fraction of sp³-hybridized carbons (Fsp3) is 0.588. The van der Waals surface area contributed by atoms with Crippen LogP contribution in [-0.2, 0) is 14.6 Å². The van der Waals surface area contributed by atoms with E-state index in [0.29, 0.717) is 17.2 Å². The monoisotopic (exact) mass is 371 g/mol. The summed E-state index contributed by atoms with van der Waals surface area (Å²) in [6.07, 6.45) is 4.59. The Labute approximate surface area is 147 Å². The maximum Gasteiger partial charge on any atom is 0.261 e. The summed E-state index contributed by atoms with van der Waals surface area (Å²) in [5.41, 5.74) is 0. The summed E-state index contributed by atoms with van der Waals surface area (Å²) in [5, 5.41) is 0.550. The standard InChI is InChI=1S/C17H22ClNO4S/c18-13-4-3-7-16(10-13)23-11-17(20)19(14-5-1-2-6-14)15-8-9-24(21,22)12-15/h3-4,7,10,14-15H,1-2,5-6,8-9,11-12H2. The summed E-state index contributed by atoms with van der Waals surface area (Å²) < 4.78 is 29.2. The van der Waals surface area contributed by atoms with Crippen molar-refractivity contribution in [2.45, 2.75) is 44.2 Å². The molecule has 7 heteroatoms. The minimum Gasteiger partial charge on any atom is -0.484 e. The first kappa shape index (κ1) is 17.5. The van der Waals surface area contributed by atoms with Crippen molar-refractivity contribution in [2.75, 3.05) is 18.1 Å². The van der Waals surface area contributed by atoms with Gasteiger partial charge in [-0.1, -0.05) is 30.5 Å². The topological polar surface area (TPSA) is 63.7 Å². The molecular formula is C17H22ClNO4S. The number of sulfone groups is 1. The highest BCUT2D eigenvalue weighted by Crippen LogP contribution is 2.29. The third-order valence-corrected chi connectivity index (χ3v) is 6.75. The summed E-state index contributed by atoms with van der Waals surface area (Å²) in [6.45, 7) is -0.0899. The van der Waals surface area contributed by atoms with Crippen molar-refractivity contribution in [3.63, 3.8) is 0 Å². The van der Waals surface area contributed by atoms with Crippen molar-refractivity contribution in [3.05, 3.63) is 29.3 Å². The number of amides is 1. The molecule has 0 spiro atoms. The lowest BCUT2D eigenvalue weighted by Gasteiger charge is -2.34. The minimum absolute atomic E-state index is 0.0758. The van der Waals surface area contributed by atoms with Gasteiger partial charge in [0.2, 0.25) is 0 Å². The summed E-state index contributed by atoms with van der Waals surface area (Å²) in [4.78, 5) is 14.6. The number of ether oxygens (including phenoxy) is 1. The quantitative estimate of drug-likeness (QED) is 0.798. The van der Waals surface area contributed by atoms with Gasteiger partial charge in [-0.15, -0.1) is 0 Å². The molecule has 24 heavy (non-hydrogen) atoms. The van der Waals surface area contributed by atoms with Crippen molar-refractivity contribution in [2.24, 2.45) is 0 Å². The van der Waals surface area contributed by atoms with Crippen LogP contribution in [-0.4, -0.2) is 49.4 Å². The van der Waals surface area contributed by atoms with Crippen LogP contribution in [0.4, 0.5) is 0 Å². The van der Waals surface area contributed by atoms with Gasteiger partial charge in [0, 0.05) is 17.1 Å². The van der Waals surface area contributed by atoms with E-state index in [9.17, 15) is 13.2 Å². The molecule has 0 aromatic heterocycles. The van der Waals surface area contributed by atoms with Gasteiger partial charge in [0.05, 0.1) is 11.5 Å². The molecule has 1 saturated carbocycles. The van der Waals surface area contributed by atoms with Crippen LogP contribution in [0.15, 0.2) is 24.3 Å². The molecule has 1 amide bonds. The lowest BCUT2D eigenvalue weighted by molar-refractivity contribution is -0.137. The van der Waals surface area contributed by atoms with E-state index in [-0.39, 0.29) is 36.1 Å². The predicted octanol–water partition coefficient (Wildman–Crippen LogP) is 2.68. The number of rotatable bonds is 5. The molecule has 1 aliphatic carbocycles. The molecule has 1 saturated heterocycles. The Morgan fingerprint density at radius 1 is 1.21 bits per heavy atom. The second-order valence-corrected chi connectivity index (χ2v) is 9.21. The van der Waals surface area contributed by atoms with E-state index in [2.05, 4.69) is 0 Å². The molecule has 1 aromatic rings. The first-order valence-electron chi connectivity index (χ1n) is 8.34. The van der Waals surface area contributed by atoms with E-state index < -0.39 is 9.84 Å². The molecule has 0 radical (unpaired) electrons. The SMILES string of the molecule is O=C(COc1cccc(Cl)c1)N(C1CCCC1)C1CCS(=O)(=O)C1. The van der Waals surface area contributed by atoms with E-state index in [1.54, 1.807) is 29.2 Å². The summed E-state index contributed by atoms with van der Waals surface area (Å²) in [6, 6.07) is 6.84. The van der Waals surface area contributed by atoms with Crippen LogP contribution in [0.25, 0.3) is 0 Å². The third kappa shape index (κ3) is 4.22. The van der Waals surface area contributed by atoms with Crippen molar-refractivity contribution >= 4 is 27.3 Å². The maximum atomic E-state index is 12.8. The van der Waals surface area contributed by atoms with E-state index in [1.165, 1.54) is 0 Å². The summed E-state index contributed by atoms with van der Waals surface area (Å²) in [7, 11) is -3.03. The molecule has 132 valence electrons. The average molecular weight is 372 g/mol. The predicted molar refractivity (Wildman–Crippen MR) is 93.1 cm³/mol. The normalized spacial score (nSPS) is 23.3. The van der Waals surface area contributed by atoms with Crippen molar-refractivity contribution < 1.29 is 17.9 Å². The fourth-order valence-corrected chi connectivity index (χ4v) is 5.55. The van der Waals surface area contributed by atoms with Gasteiger partial charge < -0.3 is 9.64 Å². The Morgan fingerprint density at radius 3 is 2.58 bits per heavy atom. The molecule has 1 aromatic carbocycles. The lowest BCUT2D eigenvalue weighted by Crippen LogP contribution is -2.48. The molecule has 1 atom stereocenters. The van der Waals surface area contributed by atoms with E-state index in [4.69, 9.17) is 16.3 Å². The average Bonchev–Trinajstić information content (AvgIpc) is 3.16. The van der Waals surface area contributed by atoms with Gasteiger partial charge in [-0.3, -0.25) is 4.79 Å². The van der Waals surface area contributed by atoms with Crippen molar-refractivity contribution in [1.29, 1.82) is 0 Å². The highest BCUT2D eigenvalue weighted by atomic mass is 35.5. The van der Waals surface area contributed by atoms with Gasteiger partial charge in [0.1, 0.15) is 5.75 Å². The Balaban J connectivity index is 1.69. The van der Waals surface area contributed by atoms with Gasteiger partial charge in [0.25, 0.3) is 5.91 Å². The molecule has 0 N–H and O–H groups in total. The maximum absolute atomic E-state index is 12.8. The number of hydrogen-bond acceptors (Lipinski definition) is 4. The lowest BCUT2D eigenvalue weighted by atomic mass is 10.1. The van der Waals surface area contributed by atoms with Gasteiger partial charge in [0.15, 0.2) is 16.4 Å². The highest BCUT2D eigenvalue weighted by molar-refractivity contribution is 7.91. The molecule has 5 nitrogen and oxygen atoms in total. The van der Waals surface area contributed by atoms with Gasteiger partial charge in [-0.2, -0.15) is 0 Å². The first-order valence-corrected chi connectivity index (χ1v) is 10.5. The smallest absolute Gasteiger partial charge is 0.261 e. The second-order valence-electron chi connectivity index (χ2n) is 6.54. The molecule has 3 rings (SSSR count). The Hall–Kier alpha value is -1.27. The number of hydrogen-bond donors (Lipinski definition) is 0. The minimum atomic E-state index is -3.03. The Bertz CT molecular complexity index is 700. The van der Waals surface area contributed by atoms with Crippen LogP contribution in [0.3, 0.4) is 0 Å². The van der Waals surface area contributed by atoms with Crippen LogP contribution in [0, 0.1) is 0 Å². The van der Waals surface area contributed by atoms with Gasteiger partial charge in [-0.05, 0) is 37.5 Å². The van der Waals surface area contributed by atoms with E-state index in [0.717, 1.165) is 25.7 Å². The van der Waals surface area contributed by atoms with Gasteiger partial charge >= 0.3 is 0 Å². The number of carbonyl (C=O) groups excluding carboxylic acids is 1. The fourth-order valence-electron chi connectivity index (χ4n) is 3.66. The number of nitrogens with zero attached hydrogens (tertiary/aromatic N) is 1. The Morgan fingerprint density at radius 2 is 1.96 bits per heavy atom. The second kappa shape index (κ2) is 7.31. The molecule has 2 fully saturated rings. The molecule has 1 unspecified atom stereocenters. The van der Waals surface area contributed by atoms with E-state index >= 15 is 0 Å². The molecule has 1 aliphatic heterocycles. The molecular weight excluding hydrogens is 350 g/mol. The van der Waals surface area contributed by atoms with Crippen LogP contribution >= 0.6 is 11.6 Å².